The van der Waals surface area contributed by atoms with E-state index >= 15 is 0 Å². The van der Waals surface area contributed by atoms with Crippen LogP contribution in [0.4, 0.5) is 11.4 Å². The molecule has 4 nitrogen and oxygen atoms in total. The molecular weight excluding hydrogens is 309 g/mol. The van der Waals surface area contributed by atoms with Crippen molar-refractivity contribution in [2.24, 2.45) is 0 Å². The summed E-state index contributed by atoms with van der Waals surface area (Å²) in [5.41, 5.74) is 1.86. The van der Waals surface area contributed by atoms with Gasteiger partial charge in [0.15, 0.2) is 0 Å². The van der Waals surface area contributed by atoms with Gasteiger partial charge < -0.3 is 10.6 Å². The normalized spacial score (nSPS) is 13.8. The largest absolute Gasteiger partial charge is 0.381 e. The first-order valence-electron chi connectivity index (χ1n) is 6.61. The van der Waals surface area contributed by atoms with Crippen molar-refractivity contribution in [3.05, 3.63) is 52.3 Å². The van der Waals surface area contributed by atoms with Crippen molar-refractivity contribution in [1.29, 1.82) is 0 Å². The van der Waals surface area contributed by atoms with Crippen LogP contribution in [0.2, 0.25) is 10.0 Å². The second-order valence-corrected chi connectivity index (χ2v) is 5.75. The minimum Gasteiger partial charge on any atom is -0.381 e. The van der Waals surface area contributed by atoms with Gasteiger partial charge in [0, 0.05) is 11.7 Å². The number of nitrogens with one attached hydrogen (secondary N) is 2. The van der Waals surface area contributed by atoms with Crippen molar-refractivity contribution in [3.63, 3.8) is 0 Å². The molecule has 6 heteroatoms. The summed E-state index contributed by atoms with van der Waals surface area (Å²) in [6.45, 7) is 0. The first-order valence-corrected chi connectivity index (χ1v) is 7.36. The molecule has 2 N–H and O–H groups in total. The molecule has 2 aromatic rings. The fraction of sp³-hybridized carbons (Fsp3) is 0.200. The Kier molecular flexibility index (Phi) is 3.99. The van der Waals surface area contributed by atoms with Crippen molar-refractivity contribution in [2.45, 2.75) is 18.9 Å². The third kappa shape index (κ3) is 3.65. The number of hydrogen-bond donors (Lipinski definition) is 2. The van der Waals surface area contributed by atoms with Crippen LogP contribution in [0.1, 0.15) is 23.3 Å². The number of carbonyl (C=O) groups is 1. The number of anilines is 2. The van der Waals surface area contributed by atoms with E-state index in [1.165, 1.54) is 12.8 Å². The van der Waals surface area contributed by atoms with E-state index in [2.05, 4.69) is 15.6 Å². The van der Waals surface area contributed by atoms with E-state index < -0.39 is 0 Å². The second-order valence-electron chi connectivity index (χ2n) is 4.93. The number of amides is 1. The quantitative estimate of drug-likeness (QED) is 0.886. The lowest BCUT2D eigenvalue weighted by molar-refractivity contribution is 0.102. The van der Waals surface area contributed by atoms with Crippen LogP contribution >= 0.6 is 23.2 Å². The van der Waals surface area contributed by atoms with E-state index in [-0.39, 0.29) is 5.91 Å². The van der Waals surface area contributed by atoms with Crippen molar-refractivity contribution < 1.29 is 4.79 Å². The molecule has 0 unspecified atom stereocenters. The predicted molar refractivity (Wildman–Crippen MR) is 85.3 cm³/mol. The summed E-state index contributed by atoms with van der Waals surface area (Å²) in [4.78, 5) is 16.2. The van der Waals surface area contributed by atoms with Crippen LogP contribution in [0, 0.1) is 0 Å². The van der Waals surface area contributed by atoms with E-state index in [4.69, 9.17) is 23.2 Å². The Labute approximate surface area is 132 Å². The number of pyridine rings is 1. The van der Waals surface area contributed by atoms with Crippen LogP contribution in [-0.2, 0) is 0 Å². The van der Waals surface area contributed by atoms with E-state index in [1.54, 1.807) is 30.5 Å². The third-order valence-corrected chi connectivity index (χ3v) is 3.86. The summed E-state index contributed by atoms with van der Waals surface area (Å²) in [7, 11) is 0. The molecule has 3 rings (SSSR count). The number of nitrogens with zero attached hydrogens (tertiary/aromatic N) is 1. The third-order valence-electron chi connectivity index (χ3n) is 3.12. The van der Waals surface area contributed by atoms with Crippen molar-refractivity contribution in [1.82, 2.24) is 4.98 Å². The molecule has 0 bridgehead atoms. The molecule has 0 aliphatic heterocycles. The van der Waals surface area contributed by atoms with E-state index in [0.29, 0.717) is 27.5 Å². The van der Waals surface area contributed by atoms with Crippen LogP contribution in [-0.4, -0.2) is 16.9 Å². The predicted octanol–water partition coefficient (Wildman–Crippen LogP) is 4.22. The summed E-state index contributed by atoms with van der Waals surface area (Å²) < 4.78 is 0. The number of hydrogen-bond acceptors (Lipinski definition) is 3. The number of rotatable bonds is 4. The standard InChI is InChI=1S/C15H13Cl2N3O/c16-12-5-3-10(7-13(12)17)20-15(21)14-6-4-11(8-18-14)19-9-1-2-9/h3-9,19H,1-2H2,(H,20,21). The Balaban J connectivity index is 1.67. The summed E-state index contributed by atoms with van der Waals surface area (Å²) in [6.07, 6.45) is 4.06. The van der Waals surface area contributed by atoms with Gasteiger partial charge in [0.2, 0.25) is 0 Å². The maximum absolute atomic E-state index is 12.1. The Morgan fingerprint density at radius 3 is 2.48 bits per heavy atom. The Morgan fingerprint density at radius 2 is 1.86 bits per heavy atom. The highest BCUT2D eigenvalue weighted by Gasteiger charge is 2.20. The molecule has 0 atom stereocenters. The van der Waals surface area contributed by atoms with Crippen LogP contribution in [0.25, 0.3) is 0 Å². The van der Waals surface area contributed by atoms with Gasteiger partial charge in [-0.15, -0.1) is 0 Å². The highest BCUT2D eigenvalue weighted by atomic mass is 35.5. The number of halogens is 2. The Hall–Kier alpha value is -1.78. The SMILES string of the molecule is O=C(Nc1ccc(Cl)c(Cl)c1)c1ccc(NC2CC2)cn1. The van der Waals surface area contributed by atoms with Crippen molar-refractivity contribution >= 4 is 40.5 Å². The van der Waals surface area contributed by atoms with E-state index in [9.17, 15) is 4.79 Å². The highest BCUT2D eigenvalue weighted by Crippen LogP contribution is 2.26. The highest BCUT2D eigenvalue weighted by molar-refractivity contribution is 6.42. The van der Waals surface area contributed by atoms with Gasteiger partial charge in [-0.2, -0.15) is 0 Å². The Bertz CT molecular complexity index is 669. The smallest absolute Gasteiger partial charge is 0.274 e. The fourth-order valence-corrected chi connectivity index (χ4v) is 2.14. The molecule has 1 amide bonds. The molecule has 108 valence electrons. The molecule has 1 saturated carbocycles. The number of aromatic nitrogens is 1. The summed E-state index contributed by atoms with van der Waals surface area (Å²) in [5, 5.41) is 6.90. The van der Waals surface area contributed by atoms with Gasteiger partial charge in [-0.3, -0.25) is 4.79 Å². The zero-order valence-electron chi connectivity index (χ0n) is 11.1. The van der Waals surface area contributed by atoms with E-state index in [1.807, 2.05) is 6.07 Å². The summed E-state index contributed by atoms with van der Waals surface area (Å²) in [5.74, 6) is -0.286. The first-order chi connectivity index (χ1) is 10.1. The van der Waals surface area contributed by atoms with Crippen LogP contribution < -0.4 is 10.6 Å². The molecule has 0 radical (unpaired) electrons. The zero-order valence-corrected chi connectivity index (χ0v) is 12.6. The molecule has 1 aromatic carbocycles. The molecule has 0 saturated heterocycles. The minimum absolute atomic E-state index is 0.286. The molecule has 0 spiro atoms. The second kappa shape index (κ2) is 5.92. The van der Waals surface area contributed by atoms with Gasteiger partial charge >= 0.3 is 0 Å². The van der Waals surface area contributed by atoms with Crippen LogP contribution in [0.15, 0.2) is 36.5 Å². The molecule has 1 aliphatic carbocycles. The number of carbonyl (C=O) groups excluding carboxylic acids is 1. The average molecular weight is 322 g/mol. The molecule has 1 aliphatic rings. The lowest BCUT2D eigenvalue weighted by Crippen LogP contribution is -2.13. The minimum atomic E-state index is -0.286. The molecular formula is C15H13Cl2N3O. The lowest BCUT2D eigenvalue weighted by atomic mass is 10.3. The average Bonchev–Trinajstić information content (AvgIpc) is 3.28. The van der Waals surface area contributed by atoms with Gasteiger partial charge in [-0.25, -0.2) is 4.98 Å². The topological polar surface area (TPSA) is 54.0 Å². The van der Waals surface area contributed by atoms with Gasteiger partial charge in [0.1, 0.15) is 5.69 Å². The molecule has 1 heterocycles. The fourth-order valence-electron chi connectivity index (χ4n) is 1.85. The molecule has 1 aromatic heterocycles. The van der Waals surface area contributed by atoms with Gasteiger partial charge in [0.25, 0.3) is 5.91 Å². The molecule has 1 fully saturated rings. The lowest BCUT2D eigenvalue weighted by Gasteiger charge is -2.07. The van der Waals surface area contributed by atoms with Gasteiger partial charge in [-0.1, -0.05) is 23.2 Å². The number of benzene rings is 1. The van der Waals surface area contributed by atoms with E-state index in [0.717, 1.165) is 5.69 Å². The molecule has 21 heavy (non-hydrogen) atoms. The maximum Gasteiger partial charge on any atom is 0.274 e. The first kappa shape index (κ1) is 14.2. The zero-order chi connectivity index (χ0) is 14.8. The van der Waals surface area contributed by atoms with Crippen LogP contribution in [0.5, 0.6) is 0 Å². The summed E-state index contributed by atoms with van der Waals surface area (Å²) >= 11 is 11.7. The summed E-state index contributed by atoms with van der Waals surface area (Å²) in [6, 6.07) is 9.03. The van der Waals surface area contributed by atoms with Gasteiger partial charge in [-0.05, 0) is 43.2 Å². The van der Waals surface area contributed by atoms with Crippen molar-refractivity contribution in [2.75, 3.05) is 10.6 Å². The van der Waals surface area contributed by atoms with Crippen LogP contribution in [0.3, 0.4) is 0 Å². The maximum atomic E-state index is 12.1. The Morgan fingerprint density at radius 1 is 1.10 bits per heavy atom. The van der Waals surface area contributed by atoms with Gasteiger partial charge in [0.05, 0.1) is 21.9 Å². The monoisotopic (exact) mass is 321 g/mol. The van der Waals surface area contributed by atoms with Crippen molar-refractivity contribution in [3.8, 4) is 0 Å².